The molecule has 1 aliphatic carbocycles. The van der Waals surface area contributed by atoms with Gasteiger partial charge in [0.05, 0.1) is 6.10 Å². The fraction of sp³-hybridized carbons (Fsp3) is 0.900. The van der Waals surface area contributed by atoms with Crippen LogP contribution in [0.15, 0.2) is 5.10 Å². The summed E-state index contributed by atoms with van der Waals surface area (Å²) in [5.41, 5.74) is 1.29. The molecule has 1 saturated carbocycles. The fourth-order valence-electron chi connectivity index (χ4n) is 1.60. The SMILES string of the molecule is CCN(C)/N=C1\CCCC(OC)C1. The second kappa shape index (κ2) is 5.22. The highest BCUT2D eigenvalue weighted by Gasteiger charge is 2.17. The Morgan fingerprint density at radius 2 is 2.38 bits per heavy atom. The average Bonchev–Trinajstić information content (AvgIpc) is 2.18. The van der Waals surface area contributed by atoms with Gasteiger partial charge in [-0.2, -0.15) is 5.10 Å². The van der Waals surface area contributed by atoms with Gasteiger partial charge >= 0.3 is 0 Å². The van der Waals surface area contributed by atoms with E-state index in [1.807, 2.05) is 12.1 Å². The molecule has 1 unspecified atom stereocenters. The zero-order chi connectivity index (χ0) is 9.68. The molecule has 0 bridgehead atoms. The number of ether oxygens (including phenoxy) is 1. The number of methoxy groups -OCH3 is 1. The number of rotatable bonds is 3. The number of hydrogen-bond donors (Lipinski definition) is 0. The third-order valence-electron chi connectivity index (χ3n) is 2.56. The first kappa shape index (κ1) is 10.5. The maximum absolute atomic E-state index is 5.34. The van der Waals surface area contributed by atoms with Crippen LogP contribution >= 0.6 is 0 Å². The number of hydrazone groups is 1. The van der Waals surface area contributed by atoms with Crippen molar-refractivity contribution in [2.45, 2.75) is 38.7 Å². The lowest BCUT2D eigenvalue weighted by molar-refractivity contribution is 0.0937. The van der Waals surface area contributed by atoms with Gasteiger partial charge in [0.15, 0.2) is 0 Å². The van der Waals surface area contributed by atoms with Crippen molar-refractivity contribution in [3.05, 3.63) is 0 Å². The average molecular weight is 184 g/mol. The fourth-order valence-corrected chi connectivity index (χ4v) is 1.60. The molecule has 0 saturated heterocycles. The third kappa shape index (κ3) is 3.35. The summed E-state index contributed by atoms with van der Waals surface area (Å²) in [7, 11) is 3.81. The van der Waals surface area contributed by atoms with E-state index in [9.17, 15) is 0 Å². The van der Waals surface area contributed by atoms with Crippen LogP contribution in [0.5, 0.6) is 0 Å². The Hall–Kier alpha value is -0.570. The summed E-state index contributed by atoms with van der Waals surface area (Å²) in [5, 5.41) is 6.52. The van der Waals surface area contributed by atoms with Gasteiger partial charge < -0.3 is 9.75 Å². The Morgan fingerprint density at radius 1 is 1.62 bits per heavy atom. The van der Waals surface area contributed by atoms with Crippen LogP contribution in [0.3, 0.4) is 0 Å². The van der Waals surface area contributed by atoms with Crippen LogP contribution in [0.4, 0.5) is 0 Å². The maximum Gasteiger partial charge on any atom is 0.0624 e. The minimum atomic E-state index is 0.401. The topological polar surface area (TPSA) is 24.8 Å². The van der Waals surface area contributed by atoms with E-state index in [1.54, 1.807) is 7.11 Å². The molecular formula is C10H20N2O. The van der Waals surface area contributed by atoms with E-state index in [2.05, 4.69) is 12.0 Å². The molecule has 3 nitrogen and oxygen atoms in total. The van der Waals surface area contributed by atoms with Crippen molar-refractivity contribution in [2.24, 2.45) is 5.10 Å². The van der Waals surface area contributed by atoms with E-state index in [0.717, 1.165) is 19.4 Å². The van der Waals surface area contributed by atoms with Crippen LogP contribution in [-0.2, 0) is 4.74 Å². The smallest absolute Gasteiger partial charge is 0.0624 e. The minimum Gasteiger partial charge on any atom is -0.381 e. The summed E-state index contributed by atoms with van der Waals surface area (Å²) in [5.74, 6) is 0. The zero-order valence-corrected chi connectivity index (χ0v) is 8.92. The predicted octanol–water partition coefficient (Wildman–Crippen LogP) is 1.88. The van der Waals surface area contributed by atoms with E-state index >= 15 is 0 Å². The molecule has 76 valence electrons. The summed E-state index contributed by atoms with van der Waals surface area (Å²) in [6, 6.07) is 0. The molecule has 13 heavy (non-hydrogen) atoms. The Morgan fingerprint density at radius 3 is 3.00 bits per heavy atom. The highest BCUT2D eigenvalue weighted by atomic mass is 16.5. The van der Waals surface area contributed by atoms with Gasteiger partial charge in [-0.25, -0.2) is 0 Å². The number of hydrogen-bond acceptors (Lipinski definition) is 3. The first-order chi connectivity index (χ1) is 6.26. The van der Waals surface area contributed by atoms with Gasteiger partial charge in [0.1, 0.15) is 0 Å². The van der Waals surface area contributed by atoms with Gasteiger partial charge in [-0.1, -0.05) is 0 Å². The van der Waals surface area contributed by atoms with E-state index in [4.69, 9.17) is 4.74 Å². The van der Waals surface area contributed by atoms with Crippen molar-refractivity contribution in [2.75, 3.05) is 20.7 Å². The van der Waals surface area contributed by atoms with Gasteiger partial charge in [-0.3, -0.25) is 0 Å². The number of nitrogens with zero attached hydrogens (tertiary/aromatic N) is 2. The highest BCUT2D eigenvalue weighted by molar-refractivity contribution is 5.85. The summed E-state index contributed by atoms with van der Waals surface area (Å²) < 4.78 is 5.34. The molecule has 0 amide bonds. The molecule has 1 aliphatic rings. The van der Waals surface area contributed by atoms with Crippen molar-refractivity contribution < 1.29 is 4.74 Å². The first-order valence-electron chi connectivity index (χ1n) is 5.06. The van der Waals surface area contributed by atoms with Gasteiger partial charge in [-0.15, -0.1) is 0 Å². The lowest BCUT2D eigenvalue weighted by Gasteiger charge is -2.23. The summed E-state index contributed by atoms with van der Waals surface area (Å²) in [6.45, 7) is 3.09. The van der Waals surface area contributed by atoms with Crippen molar-refractivity contribution in [3.63, 3.8) is 0 Å². The second-order valence-electron chi connectivity index (χ2n) is 3.59. The normalized spacial score (nSPS) is 26.4. The van der Waals surface area contributed by atoms with Crippen LogP contribution in [0, 0.1) is 0 Å². The Bertz CT molecular complexity index is 180. The molecule has 3 heteroatoms. The zero-order valence-electron chi connectivity index (χ0n) is 8.92. The van der Waals surface area contributed by atoms with Gasteiger partial charge in [-0.05, 0) is 26.2 Å². The second-order valence-corrected chi connectivity index (χ2v) is 3.59. The molecule has 0 aromatic heterocycles. The van der Waals surface area contributed by atoms with Crippen LogP contribution < -0.4 is 0 Å². The third-order valence-corrected chi connectivity index (χ3v) is 2.56. The van der Waals surface area contributed by atoms with E-state index in [1.165, 1.54) is 18.6 Å². The molecule has 1 atom stereocenters. The monoisotopic (exact) mass is 184 g/mol. The largest absolute Gasteiger partial charge is 0.381 e. The summed E-state index contributed by atoms with van der Waals surface area (Å²) in [6.07, 6.45) is 4.96. The molecule has 0 spiro atoms. The molecule has 0 radical (unpaired) electrons. The first-order valence-corrected chi connectivity index (χ1v) is 5.06. The summed E-state index contributed by atoms with van der Waals surface area (Å²) in [4.78, 5) is 0. The van der Waals surface area contributed by atoms with Crippen molar-refractivity contribution in [1.29, 1.82) is 0 Å². The van der Waals surface area contributed by atoms with Crippen molar-refractivity contribution in [3.8, 4) is 0 Å². The van der Waals surface area contributed by atoms with E-state index in [0.29, 0.717) is 6.10 Å². The Kier molecular flexibility index (Phi) is 4.22. The van der Waals surface area contributed by atoms with E-state index in [-0.39, 0.29) is 0 Å². The molecule has 0 heterocycles. The van der Waals surface area contributed by atoms with Gasteiger partial charge in [0, 0.05) is 32.8 Å². The van der Waals surface area contributed by atoms with Gasteiger partial charge in [0.2, 0.25) is 0 Å². The standard InChI is InChI=1S/C10H20N2O/c1-4-12(2)11-9-6-5-7-10(8-9)13-3/h10H,4-8H2,1-3H3/b11-9+. The molecular weight excluding hydrogens is 164 g/mol. The van der Waals surface area contributed by atoms with Crippen LogP contribution in [-0.4, -0.2) is 37.5 Å². The molecule has 0 N–H and O–H groups in total. The van der Waals surface area contributed by atoms with Crippen molar-refractivity contribution in [1.82, 2.24) is 5.01 Å². The molecule has 0 aromatic carbocycles. The van der Waals surface area contributed by atoms with Crippen molar-refractivity contribution >= 4 is 5.71 Å². The van der Waals surface area contributed by atoms with Crippen LogP contribution in [0.2, 0.25) is 0 Å². The molecule has 1 fully saturated rings. The predicted molar refractivity (Wildman–Crippen MR) is 55.0 cm³/mol. The van der Waals surface area contributed by atoms with E-state index < -0.39 is 0 Å². The maximum atomic E-state index is 5.34. The summed E-state index contributed by atoms with van der Waals surface area (Å²) >= 11 is 0. The molecule has 0 aliphatic heterocycles. The van der Waals surface area contributed by atoms with Gasteiger partial charge in [0.25, 0.3) is 0 Å². The highest BCUT2D eigenvalue weighted by Crippen LogP contribution is 2.18. The minimum absolute atomic E-state index is 0.401. The molecule has 1 rings (SSSR count). The van der Waals surface area contributed by atoms with Crippen LogP contribution in [0.1, 0.15) is 32.6 Å². The quantitative estimate of drug-likeness (QED) is 0.626. The molecule has 0 aromatic rings. The lowest BCUT2D eigenvalue weighted by atomic mass is 9.96. The Labute approximate surface area is 80.8 Å². The Balaban J connectivity index is 2.45. The van der Waals surface area contributed by atoms with Crippen LogP contribution in [0.25, 0.3) is 0 Å². The lowest BCUT2D eigenvalue weighted by Crippen LogP contribution is -2.24.